The van der Waals surface area contributed by atoms with Gasteiger partial charge in [-0.3, -0.25) is 4.98 Å². The number of methoxy groups -OCH3 is 1. The summed E-state index contributed by atoms with van der Waals surface area (Å²) in [5, 5.41) is 4.23. The summed E-state index contributed by atoms with van der Waals surface area (Å²) >= 11 is 5.73. The zero-order valence-corrected chi connectivity index (χ0v) is 18.7. The molecule has 0 bridgehead atoms. The number of rotatable bonds is 6. The van der Waals surface area contributed by atoms with Crippen molar-refractivity contribution in [1.82, 2.24) is 19.8 Å². The van der Waals surface area contributed by atoms with E-state index in [4.69, 9.17) is 17.0 Å². The average molecular weight is 435 g/mol. The number of ether oxygens (including phenoxy) is 1. The molecule has 0 saturated carbocycles. The first-order valence-corrected chi connectivity index (χ1v) is 10.7. The van der Waals surface area contributed by atoms with Crippen molar-refractivity contribution in [3.8, 4) is 5.69 Å². The quantitative estimate of drug-likeness (QED) is 0.461. The first kappa shape index (κ1) is 21.1. The number of hydrogen-bond donors (Lipinski definition) is 1. The topological polar surface area (TPSA) is 59.4 Å². The molecule has 0 aliphatic carbocycles. The van der Waals surface area contributed by atoms with E-state index in [1.165, 1.54) is 7.11 Å². The van der Waals surface area contributed by atoms with Crippen molar-refractivity contribution < 1.29 is 9.53 Å². The largest absolute Gasteiger partial charge is 0.465 e. The minimum absolute atomic E-state index is 0.0138. The van der Waals surface area contributed by atoms with Crippen LogP contribution in [-0.4, -0.2) is 39.2 Å². The van der Waals surface area contributed by atoms with Crippen molar-refractivity contribution >= 4 is 23.3 Å². The standard InChI is InChI=1S/C24H26N4O2S/c1-16(2)15-28-22(21(26-24(28)31)19-7-4-5-13-25-19)20-8-6-14-27(20)18-11-9-17(10-12-18)23(29)30-3/h4-14,16,21-22H,15H2,1-3H3,(H,26,31)/t21-,22+/m1/s1. The van der Waals surface area contributed by atoms with Crippen LogP contribution >= 0.6 is 12.2 Å². The van der Waals surface area contributed by atoms with E-state index in [0.717, 1.165) is 28.7 Å². The minimum atomic E-state index is -0.344. The number of benzene rings is 1. The lowest BCUT2D eigenvalue weighted by Crippen LogP contribution is -2.33. The third-order valence-corrected chi connectivity index (χ3v) is 5.76. The summed E-state index contributed by atoms with van der Waals surface area (Å²) in [5.74, 6) is 0.107. The maximum absolute atomic E-state index is 11.8. The summed E-state index contributed by atoms with van der Waals surface area (Å²) in [7, 11) is 1.39. The maximum atomic E-state index is 11.8. The van der Waals surface area contributed by atoms with Crippen LogP contribution in [0.3, 0.4) is 0 Å². The SMILES string of the molecule is COC(=O)c1ccc(-n2cccc2[C@H]2[C@@H](c3ccccn3)NC(=S)N2CC(C)C)cc1. The van der Waals surface area contributed by atoms with Gasteiger partial charge >= 0.3 is 5.97 Å². The predicted octanol–water partition coefficient (Wildman–Crippen LogP) is 4.29. The van der Waals surface area contributed by atoms with Crippen LogP contribution in [0, 0.1) is 5.92 Å². The van der Waals surface area contributed by atoms with Crippen molar-refractivity contribution in [2.45, 2.75) is 25.9 Å². The fraction of sp³-hybridized carbons (Fsp3) is 0.292. The Hall–Kier alpha value is -3.19. The Bertz CT molecular complexity index is 1060. The van der Waals surface area contributed by atoms with Gasteiger partial charge in [0, 0.05) is 30.3 Å². The van der Waals surface area contributed by atoms with Gasteiger partial charge in [-0.1, -0.05) is 19.9 Å². The zero-order chi connectivity index (χ0) is 22.0. The number of thiocarbonyl (C=S) groups is 1. The van der Waals surface area contributed by atoms with Gasteiger partial charge in [-0.15, -0.1) is 0 Å². The number of carbonyl (C=O) groups is 1. The lowest BCUT2D eigenvalue weighted by molar-refractivity contribution is 0.0600. The molecule has 6 nitrogen and oxygen atoms in total. The predicted molar refractivity (Wildman–Crippen MR) is 124 cm³/mol. The molecule has 2 atom stereocenters. The molecule has 1 aliphatic heterocycles. The molecule has 0 spiro atoms. The smallest absolute Gasteiger partial charge is 0.337 e. The lowest BCUT2D eigenvalue weighted by atomic mass is 10.0. The molecule has 2 aromatic heterocycles. The molecule has 0 radical (unpaired) electrons. The van der Waals surface area contributed by atoms with E-state index in [2.05, 4.69) is 39.7 Å². The first-order valence-electron chi connectivity index (χ1n) is 10.3. The number of nitrogens with zero attached hydrogens (tertiary/aromatic N) is 3. The van der Waals surface area contributed by atoms with Crippen LogP contribution < -0.4 is 5.32 Å². The number of pyridine rings is 1. The highest BCUT2D eigenvalue weighted by Crippen LogP contribution is 2.39. The summed E-state index contributed by atoms with van der Waals surface area (Å²) in [5.41, 5.74) is 3.55. The van der Waals surface area contributed by atoms with E-state index in [1.54, 1.807) is 12.1 Å². The van der Waals surface area contributed by atoms with Crippen LogP contribution in [0.4, 0.5) is 0 Å². The van der Waals surface area contributed by atoms with E-state index in [-0.39, 0.29) is 18.1 Å². The molecule has 0 unspecified atom stereocenters. The Morgan fingerprint density at radius 1 is 1.16 bits per heavy atom. The van der Waals surface area contributed by atoms with Crippen LogP contribution in [0.1, 0.15) is 47.7 Å². The summed E-state index contributed by atoms with van der Waals surface area (Å²) in [6.45, 7) is 5.23. The molecule has 0 amide bonds. The third kappa shape index (κ3) is 4.18. The Labute approximate surface area is 187 Å². The van der Waals surface area contributed by atoms with Crippen molar-refractivity contribution in [1.29, 1.82) is 0 Å². The molecule has 31 heavy (non-hydrogen) atoms. The Kier molecular flexibility index (Phi) is 6.04. The maximum Gasteiger partial charge on any atom is 0.337 e. The van der Waals surface area contributed by atoms with E-state index in [0.29, 0.717) is 11.5 Å². The fourth-order valence-electron chi connectivity index (χ4n) is 4.06. The van der Waals surface area contributed by atoms with Crippen molar-refractivity contribution in [3.63, 3.8) is 0 Å². The molecule has 1 saturated heterocycles. The number of hydrogen-bond acceptors (Lipinski definition) is 4. The van der Waals surface area contributed by atoms with Gasteiger partial charge in [0.05, 0.1) is 30.5 Å². The summed E-state index contributed by atoms with van der Waals surface area (Å²) in [6, 6.07) is 17.5. The van der Waals surface area contributed by atoms with Crippen LogP contribution in [0.2, 0.25) is 0 Å². The molecule has 1 aliphatic rings. The summed E-state index contributed by atoms with van der Waals surface area (Å²) < 4.78 is 6.96. The van der Waals surface area contributed by atoms with Crippen LogP contribution in [0.15, 0.2) is 67.0 Å². The highest BCUT2D eigenvalue weighted by atomic mass is 32.1. The lowest BCUT2D eigenvalue weighted by Gasteiger charge is -2.30. The molecule has 4 rings (SSSR count). The van der Waals surface area contributed by atoms with Crippen LogP contribution in [-0.2, 0) is 4.74 Å². The van der Waals surface area contributed by atoms with Crippen LogP contribution in [0.25, 0.3) is 5.69 Å². The van der Waals surface area contributed by atoms with Gasteiger partial charge in [0.2, 0.25) is 0 Å². The van der Waals surface area contributed by atoms with Gasteiger partial charge < -0.3 is 19.5 Å². The summed E-state index contributed by atoms with van der Waals surface area (Å²) in [4.78, 5) is 18.7. The van der Waals surface area contributed by atoms with E-state index in [9.17, 15) is 4.79 Å². The highest BCUT2D eigenvalue weighted by Gasteiger charge is 2.41. The van der Waals surface area contributed by atoms with Crippen molar-refractivity contribution in [2.75, 3.05) is 13.7 Å². The minimum Gasteiger partial charge on any atom is -0.465 e. The normalized spacial score (nSPS) is 18.3. The van der Waals surface area contributed by atoms with E-state index >= 15 is 0 Å². The Balaban J connectivity index is 1.76. The number of nitrogens with one attached hydrogen (secondary N) is 1. The van der Waals surface area contributed by atoms with E-state index in [1.807, 2.05) is 48.8 Å². The van der Waals surface area contributed by atoms with Gasteiger partial charge in [-0.25, -0.2) is 4.79 Å². The number of carbonyl (C=O) groups excluding carboxylic acids is 1. The molecular formula is C24H26N4O2S. The Morgan fingerprint density at radius 2 is 1.94 bits per heavy atom. The molecule has 7 heteroatoms. The molecular weight excluding hydrogens is 408 g/mol. The molecule has 1 N–H and O–H groups in total. The van der Waals surface area contributed by atoms with Crippen molar-refractivity contribution in [3.05, 3.63) is 83.9 Å². The second-order valence-corrected chi connectivity index (χ2v) is 8.40. The van der Waals surface area contributed by atoms with Gasteiger partial charge in [0.15, 0.2) is 5.11 Å². The number of esters is 1. The van der Waals surface area contributed by atoms with Gasteiger partial charge in [-0.05, 0) is 66.7 Å². The summed E-state index contributed by atoms with van der Waals surface area (Å²) in [6.07, 6.45) is 3.85. The van der Waals surface area contributed by atoms with Crippen LogP contribution in [0.5, 0.6) is 0 Å². The molecule has 160 valence electrons. The second-order valence-electron chi connectivity index (χ2n) is 8.01. The molecule has 3 aromatic rings. The average Bonchev–Trinajstić information content (AvgIpc) is 3.38. The molecule has 3 heterocycles. The monoisotopic (exact) mass is 434 g/mol. The van der Waals surface area contributed by atoms with Crippen molar-refractivity contribution in [2.24, 2.45) is 5.92 Å². The highest BCUT2D eigenvalue weighted by molar-refractivity contribution is 7.80. The Morgan fingerprint density at radius 3 is 2.58 bits per heavy atom. The second kappa shape index (κ2) is 8.89. The van der Waals surface area contributed by atoms with Gasteiger partial charge in [0.25, 0.3) is 0 Å². The zero-order valence-electron chi connectivity index (χ0n) is 17.9. The van der Waals surface area contributed by atoms with Gasteiger partial charge in [0.1, 0.15) is 0 Å². The molecule has 1 aromatic carbocycles. The number of aromatic nitrogens is 2. The molecule has 1 fully saturated rings. The van der Waals surface area contributed by atoms with Gasteiger partial charge in [-0.2, -0.15) is 0 Å². The first-order chi connectivity index (χ1) is 15.0. The fourth-order valence-corrected chi connectivity index (χ4v) is 4.38. The van der Waals surface area contributed by atoms with E-state index < -0.39 is 0 Å². The third-order valence-electron chi connectivity index (χ3n) is 5.41.